The molecule has 2 aromatic rings. The first-order chi connectivity index (χ1) is 9.04. The fraction of sp³-hybridized carbons (Fsp3) is 0.500. The molecular formula is C14H21N3O2. The van der Waals surface area contributed by atoms with E-state index in [1.807, 2.05) is 26.2 Å². The summed E-state index contributed by atoms with van der Waals surface area (Å²) in [4.78, 5) is 0. The van der Waals surface area contributed by atoms with Crippen LogP contribution in [-0.4, -0.2) is 15.8 Å². The summed E-state index contributed by atoms with van der Waals surface area (Å²) in [5.74, 6) is 2.62. The van der Waals surface area contributed by atoms with Crippen LogP contribution < -0.4 is 10.1 Å². The molecule has 5 nitrogen and oxygen atoms in total. The van der Waals surface area contributed by atoms with E-state index in [1.165, 1.54) is 0 Å². The van der Waals surface area contributed by atoms with Crippen LogP contribution in [0.15, 0.2) is 22.9 Å². The van der Waals surface area contributed by atoms with Crippen LogP contribution in [0.2, 0.25) is 0 Å². The monoisotopic (exact) mass is 263 g/mol. The fourth-order valence-corrected chi connectivity index (χ4v) is 1.76. The van der Waals surface area contributed by atoms with Crippen molar-refractivity contribution in [3.63, 3.8) is 0 Å². The molecule has 2 rings (SSSR count). The Balaban J connectivity index is 1.93. The molecule has 0 saturated carbocycles. The van der Waals surface area contributed by atoms with E-state index in [2.05, 4.69) is 24.3 Å². The second-order valence-electron chi connectivity index (χ2n) is 4.97. The van der Waals surface area contributed by atoms with Gasteiger partial charge in [-0.3, -0.25) is 4.68 Å². The van der Waals surface area contributed by atoms with E-state index in [1.54, 1.807) is 10.9 Å². The molecule has 5 heteroatoms. The van der Waals surface area contributed by atoms with Gasteiger partial charge in [0.25, 0.3) is 0 Å². The third-order valence-electron chi connectivity index (χ3n) is 2.83. The molecule has 0 spiro atoms. The number of aryl methyl sites for hydroxylation is 2. The number of furan rings is 1. The summed E-state index contributed by atoms with van der Waals surface area (Å²) in [6.45, 7) is 7.43. The summed E-state index contributed by atoms with van der Waals surface area (Å²) in [6, 6.07) is 2.49. The molecule has 0 amide bonds. The summed E-state index contributed by atoms with van der Waals surface area (Å²) in [7, 11) is 1.87. The fourth-order valence-electron chi connectivity index (χ4n) is 1.76. The number of nitrogens with zero attached hydrogens (tertiary/aromatic N) is 2. The van der Waals surface area contributed by atoms with E-state index >= 15 is 0 Å². The van der Waals surface area contributed by atoms with Crippen LogP contribution in [0.25, 0.3) is 0 Å². The third-order valence-corrected chi connectivity index (χ3v) is 2.83. The van der Waals surface area contributed by atoms with Crippen molar-refractivity contribution in [1.29, 1.82) is 0 Å². The molecule has 0 aromatic carbocycles. The Morgan fingerprint density at radius 1 is 1.47 bits per heavy atom. The number of rotatable bonds is 6. The third kappa shape index (κ3) is 3.86. The van der Waals surface area contributed by atoms with Gasteiger partial charge in [-0.05, 0) is 13.0 Å². The second kappa shape index (κ2) is 5.93. The van der Waals surface area contributed by atoms with Crippen molar-refractivity contribution in [2.45, 2.75) is 40.0 Å². The second-order valence-corrected chi connectivity index (χ2v) is 4.97. The summed E-state index contributed by atoms with van der Waals surface area (Å²) < 4.78 is 13.1. The van der Waals surface area contributed by atoms with Gasteiger partial charge in [0.2, 0.25) is 0 Å². The van der Waals surface area contributed by atoms with E-state index in [9.17, 15) is 0 Å². The van der Waals surface area contributed by atoms with Crippen LogP contribution >= 0.6 is 0 Å². The maximum absolute atomic E-state index is 5.70. The number of aromatic nitrogens is 2. The Bertz CT molecular complexity index is 529. The van der Waals surface area contributed by atoms with E-state index in [0.717, 1.165) is 29.4 Å². The van der Waals surface area contributed by atoms with E-state index < -0.39 is 0 Å². The lowest BCUT2D eigenvalue weighted by Crippen LogP contribution is -2.21. The molecule has 0 radical (unpaired) electrons. The van der Waals surface area contributed by atoms with Crippen molar-refractivity contribution < 1.29 is 9.15 Å². The predicted octanol–water partition coefficient (Wildman–Crippen LogP) is 2.40. The summed E-state index contributed by atoms with van der Waals surface area (Å²) in [5.41, 5.74) is 1.07. The lowest BCUT2D eigenvalue weighted by Gasteiger charge is -2.04. The van der Waals surface area contributed by atoms with Crippen LogP contribution in [0.5, 0.6) is 5.75 Å². The molecule has 0 aliphatic rings. The molecule has 2 heterocycles. The van der Waals surface area contributed by atoms with E-state index in [4.69, 9.17) is 9.15 Å². The topological polar surface area (TPSA) is 52.2 Å². The van der Waals surface area contributed by atoms with Crippen molar-refractivity contribution in [2.24, 2.45) is 7.05 Å². The van der Waals surface area contributed by atoms with E-state index in [-0.39, 0.29) is 0 Å². The molecule has 0 unspecified atom stereocenters. The van der Waals surface area contributed by atoms with Crippen LogP contribution in [0.4, 0.5) is 0 Å². The van der Waals surface area contributed by atoms with Crippen LogP contribution in [0.3, 0.4) is 0 Å². The Morgan fingerprint density at radius 3 is 2.89 bits per heavy atom. The van der Waals surface area contributed by atoms with Crippen molar-refractivity contribution in [3.8, 4) is 5.75 Å². The number of hydrogen-bond donors (Lipinski definition) is 1. The van der Waals surface area contributed by atoms with Gasteiger partial charge in [-0.2, -0.15) is 5.10 Å². The molecular weight excluding hydrogens is 242 g/mol. The normalized spacial score (nSPS) is 11.2. The molecule has 104 valence electrons. The van der Waals surface area contributed by atoms with Crippen molar-refractivity contribution in [2.75, 3.05) is 0 Å². The highest BCUT2D eigenvalue weighted by molar-refractivity contribution is 5.21. The average Bonchev–Trinajstić information content (AvgIpc) is 2.90. The minimum atomic E-state index is 0.445. The van der Waals surface area contributed by atoms with Gasteiger partial charge >= 0.3 is 0 Å². The average molecular weight is 263 g/mol. The zero-order valence-corrected chi connectivity index (χ0v) is 11.9. The highest BCUT2D eigenvalue weighted by atomic mass is 16.5. The van der Waals surface area contributed by atoms with Gasteiger partial charge in [-0.15, -0.1) is 0 Å². The van der Waals surface area contributed by atoms with Crippen molar-refractivity contribution in [3.05, 3.63) is 35.5 Å². The molecule has 0 saturated heterocycles. The van der Waals surface area contributed by atoms with Gasteiger partial charge in [0.05, 0.1) is 18.9 Å². The Hall–Kier alpha value is -1.75. The summed E-state index contributed by atoms with van der Waals surface area (Å²) in [5, 5.41) is 7.40. The van der Waals surface area contributed by atoms with Crippen molar-refractivity contribution >= 4 is 0 Å². The SMILES string of the molecule is Cc1oc(CNC(C)C)cc1COc1cnn(C)c1. The van der Waals surface area contributed by atoms with Gasteiger partial charge in [0, 0.05) is 18.7 Å². The van der Waals surface area contributed by atoms with Gasteiger partial charge in [0.1, 0.15) is 18.1 Å². The maximum Gasteiger partial charge on any atom is 0.157 e. The van der Waals surface area contributed by atoms with Gasteiger partial charge in [-0.25, -0.2) is 0 Å². The first-order valence-corrected chi connectivity index (χ1v) is 6.47. The molecule has 19 heavy (non-hydrogen) atoms. The standard InChI is InChI=1S/C14H21N3O2/c1-10(2)15-6-13-5-12(11(3)19-13)9-18-14-7-16-17(4)8-14/h5,7-8,10,15H,6,9H2,1-4H3. The predicted molar refractivity (Wildman–Crippen MR) is 73.0 cm³/mol. The summed E-state index contributed by atoms with van der Waals surface area (Å²) in [6.07, 6.45) is 3.55. The lowest BCUT2D eigenvalue weighted by molar-refractivity contribution is 0.302. The van der Waals surface area contributed by atoms with E-state index in [0.29, 0.717) is 12.6 Å². The Kier molecular flexibility index (Phi) is 4.27. The van der Waals surface area contributed by atoms with Gasteiger partial charge < -0.3 is 14.5 Å². The van der Waals surface area contributed by atoms with Crippen LogP contribution in [0.1, 0.15) is 30.9 Å². The number of ether oxygens (including phenoxy) is 1. The molecule has 0 atom stereocenters. The number of nitrogens with one attached hydrogen (secondary N) is 1. The Labute approximate surface area is 113 Å². The molecule has 0 aliphatic heterocycles. The summed E-state index contributed by atoms with van der Waals surface area (Å²) >= 11 is 0. The highest BCUT2D eigenvalue weighted by Crippen LogP contribution is 2.17. The van der Waals surface area contributed by atoms with Crippen LogP contribution in [-0.2, 0) is 20.2 Å². The first kappa shape index (κ1) is 13.7. The quantitative estimate of drug-likeness (QED) is 0.869. The van der Waals surface area contributed by atoms with Crippen LogP contribution in [0, 0.1) is 6.92 Å². The van der Waals surface area contributed by atoms with Crippen molar-refractivity contribution in [1.82, 2.24) is 15.1 Å². The zero-order valence-electron chi connectivity index (χ0n) is 11.9. The maximum atomic E-state index is 5.70. The minimum Gasteiger partial charge on any atom is -0.485 e. The van der Waals surface area contributed by atoms with Gasteiger partial charge in [0.15, 0.2) is 5.75 Å². The Morgan fingerprint density at radius 2 is 2.26 bits per heavy atom. The molecule has 1 N–H and O–H groups in total. The number of hydrogen-bond acceptors (Lipinski definition) is 4. The lowest BCUT2D eigenvalue weighted by atomic mass is 10.2. The zero-order chi connectivity index (χ0) is 13.8. The first-order valence-electron chi connectivity index (χ1n) is 6.47. The molecule has 0 aliphatic carbocycles. The smallest absolute Gasteiger partial charge is 0.157 e. The largest absolute Gasteiger partial charge is 0.485 e. The molecule has 0 bridgehead atoms. The highest BCUT2D eigenvalue weighted by Gasteiger charge is 2.09. The molecule has 0 fully saturated rings. The minimum absolute atomic E-state index is 0.445. The molecule has 2 aromatic heterocycles. The van der Waals surface area contributed by atoms with Gasteiger partial charge in [-0.1, -0.05) is 13.8 Å².